The number of hydrogen-bond acceptors (Lipinski definition) is 3. The molecule has 0 bridgehead atoms. The van der Waals surface area contributed by atoms with Crippen LogP contribution in [0.5, 0.6) is 0 Å². The standard InChI is InChI=1S/C12H23NO3/c1-9(14)7-16-12(4,5)8-11(2,3)10(15)13-6/h7-8H2,1-6H3,(H,13,15). The van der Waals surface area contributed by atoms with E-state index in [0.717, 1.165) is 0 Å². The van der Waals surface area contributed by atoms with Gasteiger partial charge in [-0.2, -0.15) is 0 Å². The Hall–Kier alpha value is -0.900. The summed E-state index contributed by atoms with van der Waals surface area (Å²) in [5.74, 6) is -0.0298. The molecule has 1 amide bonds. The van der Waals surface area contributed by atoms with E-state index in [4.69, 9.17) is 4.74 Å². The van der Waals surface area contributed by atoms with Gasteiger partial charge in [-0.15, -0.1) is 0 Å². The summed E-state index contributed by atoms with van der Waals surface area (Å²) >= 11 is 0. The van der Waals surface area contributed by atoms with Crippen LogP contribution in [0.25, 0.3) is 0 Å². The molecule has 0 radical (unpaired) electrons. The minimum Gasteiger partial charge on any atom is -0.368 e. The van der Waals surface area contributed by atoms with Crippen molar-refractivity contribution in [1.29, 1.82) is 0 Å². The third-order valence-electron chi connectivity index (χ3n) is 2.38. The molecule has 0 rings (SSSR count). The number of ketones is 1. The van der Waals surface area contributed by atoms with Gasteiger partial charge in [-0.05, 0) is 27.2 Å². The number of amides is 1. The largest absolute Gasteiger partial charge is 0.368 e. The SMILES string of the molecule is CNC(=O)C(C)(C)CC(C)(C)OCC(C)=O. The molecule has 0 saturated carbocycles. The molecular formula is C12H23NO3. The van der Waals surface area contributed by atoms with Gasteiger partial charge in [0.2, 0.25) is 5.91 Å². The Kier molecular flexibility index (Phi) is 5.13. The van der Waals surface area contributed by atoms with E-state index < -0.39 is 11.0 Å². The average molecular weight is 229 g/mol. The van der Waals surface area contributed by atoms with Crippen molar-refractivity contribution in [2.75, 3.05) is 13.7 Å². The third-order valence-corrected chi connectivity index (χ3v) is 2.38. The van der Waals surface area contributed by atoms with Crippen LogP contribution in [0.2, 0.25) is 0 Å². The van der Waals surface area contributed by atoms with Crippen LogP contribution in [0.15, 0.2) is 0 Å². The number of rotatable bonds is 6. The molecule has 4 nitrogen and oxygen atoms in total. The summed E-state index contributed by atoms with van der Waals surface area (Å²) < 4.78 is 5.49. The molecule has 0 aliphatic heterocycles. The van der Waals surface area contributed by atoms with E-state index >= 15 is 0 Å². The Morgan fingerprint density at radius 3 is 2.06 bits per heavy atom. The molecule has 94 valence electrons. The second-order valence-corrected chi connectivity index (χ2v) is 5.39. The number of carbonyl (C=O) groups excluding carboxylic acids is 2. The Morgan fingerprint density at radius 1 is 1.19 bits per heavy atom. The van der Waals surface area contributed by atoms with Crippen LogP contribution < -0.4 is 5.32 Å². The van der Waals surface area contributed by atoms with Gasteiger partial charge in [-0.1, -0.05) is 13.8 Å². The van der Waals surface area contributed by atoms with Crippen molar-refractivity contribution < 1.29 is 14.3 Å². The van der Waals surface area contributed by atoms with E-state index in [0.29, 0.717) is 6.42 Å². The molecule has 16 heavy (non-hydrogen) atoms. The molecule has 0 unspecified atom stereocenters. The Balaban J connectivity index is 4.44. The molecule has 0 aromatic heterocycles. The molecule has 0 atom stereocenters. The van der Waals surface area contributed by atoms with Gasteiger partial charge >= 0.3 is 0 Å². The molecule has 0 spiro atoms. The zero-order valence-corrected chi connectivity index (χ0v) is 11.1. The quantitative estimate of drug-likeness (QED) is 0.751. The highest BCUT2D eigenvalue weighted by Crippen LogP contribution is 2.30. The Bertz CT molecular complexity index is 269. The van der Waals surface area contributed by atoms with Crippen molar-refractivity contribution in [3.8, 4) is 0 Å². The number of carbonyl (C=O) groups is 2. The molecule has 0 saturated heterocycles. The highest BCUT2D eigenvalue weighted by molar-refractivity contribution is 5.81. The lowest BCUT2D eigenvalue weighted by Crippen LogP contribution is -2.41. The summed E-state index contributed by atoms with van der Waals surface area (Å²) in [6, 6.07) is 0. The van der Waals surface area contributed by atoms with E-state index in [-0.39, 0.29) is 18.3 Å². The topological polar surface area (TPSA) is 55.4 Å². The first-order valence-corrected chi connectivity index (χ1v) is 5.46. The number of hydrogen-bond donors (Lipinski definition) is 1. The predicted octanol–water partition coefficient (Wildman–Crippen LogP) is 1.53. The number of nitrogens with one attached hydrogen (secondary N) is 1. The lowest BCUT2D eigenvalue weighted by Gasteiger charge is -2.33. The van der Waals surface area contributed by atoms with Crippen molar-refractivity contribution in [2.45, 2.75) is 46.6 Å². The molecule has 0 aromatic rings. The minimum absolute atomic E-state index is 0.00850. The maximum atomic E-state index is 11.6. The molecule has 4 heteroatoms. The first-order valence-electron chi connectivity index (χ1n) is 5.46. The zero-order valence-electron chi connectivity index (χ0n) is 11.1. The van der Waals surface area contributed by atoms with Crippen LogP contribution in [0.3, 0.4) is 0 Å². The van der Waals surface area contributed by atoms with Gasteiger partial charge in [0, 0.05) is 12.5 Å². The van der Waals surface area contributed by atoms with Gasteiger partial charge in [0.15, 0.2) is 5.78 Å². The fourth-order valence-electron chi connectivity index (χ4n) is 1.83. The van der Waals surface area contributed by atoms with Crippen LogP contribution in [-0.4, -0.2) is 30.9 Å². The summed E-state index contributed by atoms with van der Waals surface area (Å²) in [5, 5.41) is 2.63. The lowest BCUT2D eigenvalue weighted by atomic mass is 9.81. The van der Waals surface area contributed by atoms with Crippen molar-refractivity contribution >= 4 is 11.7 Å². The van der Waals surface area contributed by atoms with E-state index in [9.17, 15) is 9.59 Å². The van der Waals surface area contributed by atoms with Gasteiger partial charge < -0.3 is 10.1 Å². The maximum Gasteiger partial charge on any atom is 0.225 e. The van der Waals surface area contributed by atoms with E-state index in [1.54, 1.807) is 7.05 Å². The van der Waals surface area contributed by atoms with E-state index in [2.05, 4.69) is 5.32 Å². The zero-order chi connectivity index (χ0) is 13.0. The molecule has 0 aromatic carbocycles. The van der Waals surface area contributed by atoms with Gasteiger partial charge in [-0.25, -0.2) is 0 Å². The summed E-state index contributed by atoms with van der Waals surface area (Å²) in [7, 11) is 1.62. The third kappa shape index (κ3) is 5.26. The van der Waals surface area contributed by atoms with Gasteiger partial charge in [0.05, 0.1) is 5.60 Å². The highest BCUT2D eigenvalue weighted by Gasteiger charge is 2.34. The molecule has 0 aliphatic carbocycles. The van der Waals surface area contributed by atoms with Crippen LogP contribution >= 0.6 is 0 Å². The molecule has 0 heterocycles. The predicted molar refractivity (Wildman–Crippen MR) is 63.2 cm³/mol. The fourth-order valence-corrected chi connectivity index (χ4v) is 1.83. The summed E-state index contributed by atoms with van der Waals surface area (Å²) in [5.41, 5.74) is -0.989. The second-order valence-electron chi connectivity index (χ2n) is 5.39. The first-order chi connectivity index (χ1) is 7.10. The number of ether oxygens (including phenoxy) is 1. The van der Waals surface area contributed by atoms with Crippen LogP contribution in [0.4, 0.5) is 0 Å². The normalized spacial score (nSPS) is 12.4. The van der Waals surface area contributed by atoms with Crippen LogP contribution in [0.1, 0.15) is 41.0 Å². The Morgan fingerprint density at radius 2 is 1.69 bits per heavy atom. The molecule has 0 aliphatic rings. The summed E-state index contributed by atoms with van der Waals surface area (Å²) in [6.07, 6.45) is 0.562. The Labute approximate surface area is 97.7 Å². The van der Waals surface area contributed by atoms with Gasteiger partial charge in [0.1, 0.15) is 6.61 Å². The summed E-state index contributed by atoms with van der Waals surface area (Å²) in [6.45, 7) is 9.09. The number of Topliss-reactive ketones (excluding diaryl/α,β-unsaturated/α-hetero) is 1. The van der Waals surface area contributed by atoms with Crippen molar-refractivity contribution in [2.24, 2.45) is 5.41 Å². The highest BCUT2D eigenvalue weighted by atomic mass is 16.5. The first kappa shape index (κ1) is 15.1. The van der Waals surface area contributed by atoms with Crippen molar-refractivity contribution in [3.05, 3.63) is 0 Å². The van der Waals surface area contributed by atoms with Crippen molar-refractivity contribution in [3.63, 3.8) is 0 Å². The van der Waals surface area contributed by atoms with E-state index in [1.165, 1.54) is 6.92 Å². The molecule has 0 fully saturated rings. The smallest absolute Gasteiger partial charge is 0.225 e. The van der Waals surface area contributed by atoms with Crippen LogP contribution in [0, 0.1) is 5.41 Å². The van der Waals surface area contributed by atoms with E-state index in [1.807, 2.05) is 27.7 Å². The molecule has 1 N–H and O–H groups in total. The van der Waals surface area contributed by atoms with Gasteiger partial charge in [-0.3, -0.25) is 9.59 Å². The lowest BCUT2D eigenvalue weighted by molar-refractivity contribution is -0.136. The monoisotopic (exact) mass is 229 g/mol. The second kappa shape index (κ2) is 5.43. The van der Waals surface area contributed by atoms with Crippen LogP contribution in [-0.2, 0) is 14.3 Å². The maximum absolute atomic E-state index is 11.6. The molecular weight excluding hydrogens is 206 g/mol. The van der Waals surface area contributed by atoms with Crippen molar-refractivity contribution in [1.82, 2.24) is 5.32 Å². The minimum atomic E-state index is -0.505. The summed E-state index contributed by atoms with van der Waals surface area (Å²) in [4.78, 5) is 22.5. The van der Waals surface area contributed by atoms with Gasteiger partial charge in [0.25, 0.3) is 0 Å². The fraction of sp³-hybridized carbons (Fsp3) is 0.833. The average Bonchev–Trinajstić information content (AvgIpc) is 2.12.